The molecular weight excluding hydrogens is 258 g/mol. The molecule has 1 N–H and O–H groups in total. The van der Waals surface area contributed by atoms with Crippen LogP contribution in [0.2, 0.25) is 0 Å². The van der Waals surface area contributed by atoms with Gasteiger partial charge in [-0.05, 0) is 36.2 Å². The van der Waals surface area contributed by atoms with Gasteiger partial charge in [0.15, 0.2) is 0 Å². The van der Waals surface area contributed by atoms with Crippen LogP contribution in [0.4, 0.5) is 5.69 Å². The Hall–Kier alpha value is -1.87. The number of rotatable bonds is 5. The number of aromatic nitrogens is 1. The minimum atomic E-state index is 0.361. The van der Waals surface area contributed by atoms with E-state index in [1.807, 2.05) is 6.20 Å². The molecule has 0 aliphatic carbocycles. The molecule has 0 amide bonds. The molecular formula is C18H23N3. The van der Waals surface area contributed by atoms with Gasteiger partial charge in [0.05, 0.1) is 17.6 Å². The van der Waals surface area contributed by atoms with Crippen molar-refractivity contribution in [2.45, 2.75) is 39.4 Å². The van der Waals surface area contributed by atoms with E-state index in [0.717, 1.165) is 31.7 Å². The normalized spacial score (nSPS) is 15.0. The smallest absolute Gasteiger partial charge is 0.0574 e. The van der Waals surface area contributed by atoms with Gasteiger partial charge in [-0.3, -0.25) is 4.98 Å². The van der Waals surface area contributed by atoms with E-state index >= 15 is 0 Å². The Kier molecular flexibility index (Phi) is 4.20. The molecule has 3 rings (SSSR count). The molecule has 0 bridgehead atoms. The number of pyridine rings is 1. The monoisotopic (exact) mass is 281 g/mol. The van der Waals surface area contributed by atoms with Gasteiger partial charge in [0.25, 0.3) is 0 Å². The van der Waals surface area contributed by atoms with E-state index in [9.17, 15) is 0 Å². The molecule has 1 atom stereocenters. The Morgan fingerprint density at radius 2 is 1.81 bits per heavy atom. The zero-order valence-corrected chi connectivity index (χ0v) is 12.8. The third-order valence-corrected chi connectivity index (χ3v) is 4.19. The SMILES string of the molecule is CCNC(CC)c1ccc(N2Cc3ccccc3C2)cn1. The van der Waals surface area contributed by atoms with Crippen LogP contribution in [-0.2, 0) is 13.1 Å². The molecule has 110 valence electrons. The van der Waals surface area contributed by atoms with E-state index < -0.39 is 0 Å². The van der Waals surface area contributed by atoms with Crippen LogP contribution in [-0.4, -0.2) is 11.5 Å². The highest BCUT2D eigenvalue weighted by Crippen LogP contribution is 2.28. The summed E-state index contributed by atoms with van der Waals surface area (Å²) >= 11 is 0. The van der Waals surface area contributed by atoms with Crippen LogP contribution in [0.15, 0.2) is 42.6 Å². The van der Waals surface area contributed by atoms with Crippen molar-refractivity contribution in [1.82, 2.24) is 10.3 Å². The van der Waals surface area contributed by atoms with Gasteiger partial charge in [-0.15, -0.1) is 0 Å². The third kappa shape index (κ3) is 2.93. The Morgan fingerprint density at radius 1 is 1.10 bits per heavy atom. The number of benzene rings is 1. The van der Waals surface area contributed by atoms with Crippen LogP contribution in [0.25, 0.3) is 0 Å². The van der Waals surface area contributed by atoms with Gasteiger partial charge in [-0.25, -0.2) is 0 Å². The summed E-state index contributed by atoms with van der Waals surface area (Å²) in [6.45, 7) is 7.28. The minimum Gasteiger partial charge on any atom is -0.362 e. The summed E-state index contributed by atoms with van der Waals surface area (Å²) in [6, 6.07) is 13.4. The summed E-state index contributed by atoms with van der Waals surface area (Å²) in [4.78, 5) is 7.06. The predicted molar refractivity (Wildman–Crippen MR) is 87.3 cm³/mol. The topological polar surface area (TPSA) is 28.2 Å². The third-order valence-electron chi connectivity index (χ3n) is 4.19. The summed E-state index contributed by atoms with van der Waals surface area (Å²) in [5.41, 5.74) is 5.21. The number of hydrogen-bond donors (Lipinski definition) is 1. The van der Waals surface area contributed by atoms with E-state index in [2.05, 4.69) is 65.4 Å². The molecule has 1 aliphatic heterocycles. The Labute approximate surface area is 127 Å². The van der Waals surface area contributed by atoms with Crippen molar-refractivity contribution in [2.24, 2.45) is 0 Å². The van der Waals surface area contributed by atoms with Crippen molar-refractivity contribution >= 4 is 5.69 Å². The average Bonchev–Trinajstić information content (AvgIpc) is 2.97. The van der Waals surface area contributed by atoms with Crippen molar-refractivity contribution < 1.29 is 0 Å². The highest BCUT2D eigenvalue weighted by Gasteiger charge is 2.19. The van der Waals surface area contributed by atoms with Gasteiger partial charge >= 0.3 is 0 Å². The van der Waals surface area contributed by atoms with Crippen molar-refractivity contribution in [3.63, 3.8) is 0 Å². The van der Waals surface area contributed by atoms with Crippen LogP contribution in [0.3, 0.4) is 0 Å². The standard InChI is InChI=1S/C18H23N3/c1-3-17(19-4-2)18-10-9-16(11-20-18)21-12-14-7-5-6-8-15(14)13-21/h5-11,17,19H,3-4,12-13H2,1-2H3. The minimum absolute atomic E-state index is 0.361. The highest BCUT2D eigenvalue weighted by atomic mass is 15.1. The molecule has 1 aromatic carbocycles. The maximum atomic E-state index is 4.67. The first kappa shape index (κ1) is 14.1. The van der Waals surface area contributed by atoms with Gasteiger partial charge in [-0.1, -0.05) is 38.1 Å². The van der Waals surface area contributed by atoms with Gasteiger partial charge in [0, 0.05) is 19.1 Å². The maximum Gasteiger partial charge on any atom is 0.0574 e. The quantitative estimate of drug-likeness (QED) is 0.906. The molecule has 0 spiro atoms. The molecule has 0 radical (unpaired) electrons. The molecule has 0 saturated heterocycles. The average molecular weight is 281 g/mol. The van der Waals surface area contributed by atoms with Gasteiger partial charge < -0.3 is 10.2 Å². The Bertz CT molecular complexity index is 567. The van der Waals surface area contributed by atoms with Gasteiger partial charge in [0.2, 0.25) is 0 Å². The molecule has 21 heavy (non-hydrogen) atoms. The second-order valence-corrected chi connectivity index (χ2v) is 5.58. The number of nitrogens with one attached hydrogen (secondary N) is 1. The van der Waals surface area contributed by atoms with E-state index in [1.165, 1.54) is 16.8 Å². The van der Waals surface area contributed by atoms with Gasteiger partial charge in [-0.2, -0.15) is 0 Å². The lowest BCUT2D eigenvalue weighted by Gasteiger charge is -2.19. The lowest BCUT2D eigenvalue weighted by atomic mass is 10.1. The molecule has 1 unspecified atom stereocenters. The van der Waals surface area contributed by atoms with Crippen molar-refractivity contribution in [3.8, 4) is 0 Å². The maximum absolute atomic E-state index is 4.67. The fraction of sp³-hybridized carbons (Fsp3) is 0.389. The Balaban J connectivity index is 1.74. The van der Waals surface area contributed by atoms with Crippen LogP contribution in [0.1, 0.15) is 43.1 Å². The zero-order chi connectivity index (χ0) is 14.7. The second-order valence-electron chi connectivity index (χ2n) is 5.58. The summed E-state index contributed by atoms with van der Waals surface area (Å²) in [7, 11) is 0. The first-order valence-electron chi connectivity index (χ1n) is 7.83. The molecule has 2 heterocycles. The zero-order valence-electron chi connectivity index (χ0n) is 12.8. The molecule has 2 aromatic rings. The molecule has 3 nitrogen and oxygen atoms in total. The molecule has 0 fully saturated rings. The Morgan fingerprint density at radius 3 is 2.33 bits per heavy atom. The predicted octanol–water partition coefficient (Wildman–Crippen LogP) is 3.66. The fourth-order valence-corrected chi connectivity index (χ4v) is 3.01. The summed E-state index contributed by atoms with van der Waals surface area (Å²) in [5.74, 6) is 0. The number of nitrogens with zero attached hydrogens (tertiary/aromatic N) is 2. The van der Waals surface area contributed by atoms with Crippen molar-refractivity contribution in [1.29, 1.82) is 0 Å². The molecule has 1 aliphatic rings. The van der Waals surface area contributed by atoms with E-state index in [-0.39, 0.29) is 0 Å². The summed E-state index contributed by atoms with van der Waals surface area (Å²) < 4.78 is 0. The molecule has 3 heteroatoms. The van der Waals surface area contributed by atoms with Gasteiger partial charge in [0.1, 0.15) is 0 Å². The number of hydrogen-bond acceptors (Lipinski definition) is 3. The van der Waals surface area contributed by atoms with Crippen molar-refractivity contribution in [2.75, 3.05) is 11.4 Å². The number of anilines is 1. The van der Waals surface area contributed by atoms with Crippen LogP contribution >= 0.6 is 0 Å². The van der Waals surface area contributed by atoms with Crippen molar-refractivity contribution in [3.05, 3.63) is 59.4 Å². The largest absolute Gasteiger partial charge is 0.362 e. The first-order chi connectivity index (χ1) is 10.3. The summed E-state index contributed by atoms with van der Waals surface area (Å²) in [6.07, 6.45) is 3.08. The highest BCUT2D eigenvalue weighted by molar-refractivity contribution is 5.50. The van der Waals surface area contributed by atoms with Crippen LogP contribution in [0, 0.1) is 0 Å². The van der Waals surface area contributed by atoms with E-state index in [1.54, 1.807) is 0 Å². The lowest BCUT2D eigenvalue weighted by molar-refractivity contribution is 0.525. The molecule has 1 aromatic heterocycles. The molecule has 0 saturated carbocycles. The number of fused-ring (bicyclic) bond motifs is 1. The van der Waals surface area contributed by atoms with E-state index in [4.69, 9.17) is 0 Å². The first-order valence-corrected chi connectivity index (χ1v) is 7.83. The summed E-state index contributed by atoms with van der Waals surface area (Å²) in [5, 5.41) is 3.48. The second kappa shape index (κ2) is 6.27. The van der Waals surface area contributed by atoms with E-state index in [0.29, 0.717) is 6.04 Å². The fourth-order valence-electron chi connectivity index (χ4n) is 3.01. The van der Waals surface area contributed by atoms with Crippen LogP contribution in [0.5, 0.6) is 0 Å². The van der Waals surface area contributed by atoms with Crippen LogP contribution < -0.4 is 10.2 Å². The lowest BCUT2D eigenvalue weighted by Crippen LogP contribution is -2.21.